The summed E-state index contributed by atoms with van der Waals surface area (Å²) < 4.78 is 5.79. The molecule has 3 N–H and O–H groups in total. The molecule has 3 rings (SSSR count). The number of hydrogen-bond acceptors (Lipinski definition) is 3. The van der Waals surface area contributed by atoms with Gasteiger partial charge in [-0.2, -0.15) is 0 Å². The molecule has 0 aromatic heterocycles. The Morgan fingerprint density at radius 3 is 2.73 bits per heavy atom. The summed E-state index contributed by atoms with van der Waals surface area (Å²) in [7, 11) is 0. The number of nitrogens with two attached hydrogens (primary N) is 1. The third kappa shape index (κ3) is 3.46. The highest BCUT2D eigenvalue weighted by atomic mass is 16.5. The molecule has 1 amide bonds. The van der Waals surface area contributed by atoms with Crippen molar-refractivity contribution in [3.05, 3.63) is 59.7 Å². The van der Waals surface area contributed by atoms with Crippen molar-refractivity contribution in [3.8, 4) is 5.75 Å². The van der Waals surface area contributed by atoms with Crippen LogP contribution in [-0.4, -0.2) is 11.4 Å². The van der Waals surface area contributed by atoms with E-state index in [2.05, 4.69) is 24.4 Å². The molecule has 0 bridgehead atoms. The van der Waals surface area contributed by atoms with Crippen LogP contribution in [0.25, 0.3) is 0 Å². The molecule has 0 spiro atoms. The lowest BCUT2D eigenvalue weighted by Crippen LogP contribution is -2.37. The van der Waals surface area contributed by atoms with Crippen molar-refractivity contribution < 1.29 is 9.53 Å². The minimum Gasteiger partial charge on any atom is -0.489 e. The maximum atomic E-state index is 11.9. The van der Waals surface area contributed by atoms with Crippen molar-refractivity contribution in [1.82, 2.24) is 0 Å². The Labute approximate surface area is 130 Å². The second kappa shape index (κ2) is 5.81. The van der Waals surface area contributed by atoms with Crippen molar-refractivity contribution >= 4 is 11.6 Å². The fraction of sp³-hybridized carbons (Fsp3) is 0.278. The molecule has 1 aliphatic carbocycles. The average Bonchev–Trinajstić information content (AvgIpc) is 3.25. The molecule has 0 heterocycles. The fourth-order valence-corrected chi connectivity index (χ4v) is 2.25. The summed E-state index contributed by atoms with van der Waals surface area (Å²) in [6, 6.07) is 15.6. The Morgan fingerprint density at radius 2 is 2.00 bits per heavy atom. The molecule has 4 heteroatoms. The van der Waals surface area contributed by atoms with Gasteiger partial charge >= 0.3 is 0 Å². The van der Waals surface area contributed by atoms with Gasteiger partial charge in [-0.3, -0.25) is 4.79 Å². The summed E-state index contributed by atoms with van der Waals surface area (Å²) in [5, 5.41) is 2.85. The minimum atomic E-state index is -0.668. The molecular weight excluding hydrogens is 276 g/mol. The number of carbonyl (C=O) groups excluding carboxylic acids is 1. The van der Waals surface area contributed by atoms with Gasteiger partial charge in [0.05, 0.1) is 5.54 Å². The Balaban J connectivity index is 1.62. The molecular formula is C18H20N2O2. The van der Waals surface area contributed by atoms with E-state index in [1.54, 1.807) is 0 Å². The normalized spacial score (nSPS) is 15.2. The molecule has 2 aromatic rings. The van der Waals surface area contributed by atoms with Crippen molar-refractivity contribution in [2.45, 2.75) is 31.9 Å². The van der Waals surface area contributed by atoms with E-state index in [-0.39, 0.29) is 5.91 Å². The zero-order chi connectivity index (χ0) is 15.6. The maximum Gasteiger partial charge on any atom is 0.244 e. The summed E-state index contributed by atoms with van der Waals surface area (Å²) in [6.45, 7) is 2.56. The van der Waals surface area contributed by atoms with Crippen molar-refractivity contribution in [2.75, 3.05) is 5.32 Å². The number of amides is 1. The quantitative estimate of drug-likeness (QED) is 0.891. The molecule has 114 valence electrons. The SMILES string of the molecule is Cc1cccc(COc2cccc(NC(=O)C3(N)CC3)c2)c1. The first kappa shape index (κ1) is 14.6. The lowest BCUT2D eigenvalue weighted by Gasteiger charge is -2.12. The van der Waals surface area contributed by atoms with Crippen LogP contribution in [0.15, 0.2) is 48.5 Å². The molecule has 4 nitrogen and oxygen atoms in total. The van der Waals surface area contributed by atoms with E-state index >= 15 is 0 Å². The average molecular weight is 296 g/mol. The van der Waals surface area contributed by atoms with Crippen LogP contribution in [-0.2, 0) is 11.4 Å². The molecule has 0 radical (unpaired) electrons. The van der Waals surface area contributed by atoms with Gasteiger partial charge < -0.3 is 15.8 Å². The molecule has 2 aromatic carbocycles. The standard InChI is InChI=1S/C18H20N2O2/c1-13-4-2-5-14(10-13)12-22-16-7-3-6-15(11-16)20-17(21)18(19)8-9-18/h2-7,10-11H,8-9,12,19H2,1H3,(H,20,21). The third-order valence-electron chi connectivity index (χ3n) is 3.82. The Kier molecular flexibility index (Phi) is 3.86. The van der Waals surface area contributed by atoms with Gasteiger partial charge in [0.2, 0.25) is 5.91 Å². The van der Waals surface area contributed by atoms with Crippen LogP contribution in [0.2, 0.25) is 0 Å². The van der Waals surface area contributed by atoms with Gasteiger partial charge in [0.15, 0.2) is 0 Å². The predicted molar refractivity (Wildman–Crippen MR) is 86.7 cm³/mol. The van der Waals surface area contributed by atoms with Crippen molar-refractivity contribution in [1.29, 1.82) is 0 Å². The summed E-state index contributed by atoms with van der Waals surface area (Å²) in [4.78, 5) is 11.9. The smallest absolute Gasteiger partial charge is 0.244 e. The van der Waals surface area contributed by atoms with E-state index in [0.29, 0.717) is 12.3 Å². The minimum absolute atomic E-state index is 0.122. The number of hydrogen-bond donors (Lipinski definition) is 2. The van der Waals surface area contributed by atoms with E-state index in [1.165, 1.54) is 5.56 Å². The van der Waals surface area contributed by atoms with Crippen LogP contribution in [0.4, 0.5) is 5.69 Å². The van der Waals surface area contributed by atoms with Gasteiger partial charge in [0.25, 0.3) is 0 Å². The summed E-state index contributed by atoms with van der Waals surface area (Å²) in [6.07, 6.45) is 1.50. The first-order valence-electron chi connectivity index (χ1n) is 7.44. The van der Waals surface area contributed by atoms with Gasteiger partial charge in [0, 0.05) is 11.8 Å². The van der Waals surface area contributed by atoms with Crippen molar-refractivity contribution in [2.24, 2.45) is 5.73 Å². The zero-order valence-corrected chi connectivity index (χ0v) is 12.6. The second-order valence-corrected chi connectivity index (χ2v) is 5.92. The number of ether oxygens (including phenoxy) is 1. The molecule has 0 saturated heterocycles. The highest BCUT2D eigenvalue weighted by Gasteiger charge is 2.45. The van der Waals surface area contributed by atoms with Crippen molar-refractivity contribution in [3.63, 3.8) is 0 Å². The Bertz CT molecular complexity index is 693. The van der Waals surface area contributed by atoms with Crippen LogP contribution < -0.4 is 15.8 Å². The Morgan fingerprint density at radius 1 is 1.23 bits per heavy atom. The van der Waals surface area contributed by atoms with Gasteiger partial charge in [0.1, 0.15) is 12.4 Å². The predicted octanol–water partition coefficient (Wildman–Crippen LogP) is 3.00. The van der Waals surface area contributed by atoms with E-state index in [1.807, 2.05) is 36.4 Å². The molecule has 22 heavy (non-hydrogen) atoms. The van der Waals surface area contributed by atoms with Gasteiger partial charge in [-0.1, -0.05) is 35.9 Å². The van der Waals surface area contributed by atoms with Crippen LogP contribution in [0.1, 0.15) is 24.0 Å². The van der Waals surface area contributed by atoms with Crippen LogP contribution in [0.5, 0.6) is 5.75 Å². The van der Waals surface area contributed by atoms with Crippen LogP contribution in [0.3, 0.4) is 0 Å². The number of rotatable bonds is 5. The highest BCUT2D eigenvalue weighted by molar-refractivity contribution is 6.00. The number of anilines is 1. The summed E-state index contributed by atoms with van der Waals surface area (Å²) in [5.41, 5.74) is 8.25. The lowest BCUT2D eigenvalue weighted by atomic mass is 10.1. The molecule has 0 atom stereocenters. The highest BCUT2D eigenvalue weighted by Crippen LogP contribution is 2.33. The fourth-order valence-electron chi connectivity index (χ4n) is 2.25. The summed E-state index contributed by atoms with van der Waals surface area (Å²) >= 11 is 0. The van der Waals surface area contributed by atoms with E-state index < -0.39 is 5.54 Å². The van der Waals surface area contributed by atoms with E-state index in [0.717, 1.165) is 24.2 Å². The third-order valence-corrected chi connectivity index (χ3v) is 3.82. The number of nitrogens with one attached hydrogen (secondary N) is 1. The van der Waals surface area contributed by atoms with Crippen LogP contribution >= 0.6 is 0 Å². The van der Waals surface area contributed by atoms with E-state index in [9.17, 15) is 4.79 Å². The first-order valence-corrected chi connectivity index (χ1v) is 7.44. The van der Waals surface area contributed by atoms with E-state index in [4.69, 9.17) is 10.5 Å². The topological polar surface area (TPSA) is 64.3 Å². The number of carbonyl (C=O) groups is 1. The number of benzene rings is 2. The maximum absolute atomic E-state index is 11.9. The van der Waals surface area contributed by atoms with Crippen LogP contribution in [0, 0.1) is 6.92 Å². The van der Waals surface area contributed by atoms with Gasteiger partial charge in [-0.05, 0) is 37.5 Å². The monoisotopic (exact) mass is 296 g/mol. The number of aryl methyl sites for hydroxylation is 1. The van der Waals surface area contributed by atoms with Gasteiger partial charge in [-0.25, -0.2) is 0 Å². The second-order valence-electron chi connectivity index (χ2n) is 5.92. The van der Waals surface area contributed by atoms with Gasteiger partial charge in [-0.15, -0.1) is 0 Å². The molecule has 0 aliphatic heterocycles. The largest absolute Gasteiger partial charge is 0.489 e. The lowest BCUT2D eigenvalue weighted by molar-refractivity contribution is -0.118. The first-order chi connectivity index (χ1) is 10.5. The molecule has 0 unspecified atom stereocenters. The summed E-state index contributed by atoms with van der Waals surface area (Å²) in [5.74, 6) is 0.601. The molecule has 1 saturated carbocycles. The molecule has 1 aliphatic rings. The molecule has 1 fully saturated rings. The zero-order valence-electron chi connectivity index (χ0n) is 12.6. The Hall–Kier alpha value is -2.33.